The summed E-state index contributed by atoms with van der Waals surface area (Å²) in [4.78, 5) is 18.6. The second-order valence-electron chi connectivity index (χ2n) is 5.81. The average Bonchev–Trinajstić information content (AvgIpc) is 2.86. The van der Waals surface area contributed by atoms with Crippen LogP contribution in [-0.2, 0) is 11.2 Å². The molecule has 5 heteroatoms. The maximum absolute atomic E-state index is 12.3. The number of carbonyl (C=O) groups excluding carboxylic acids is 1. The van der Waals surface area contributed by atoms with Crippen LogP contribution >= 0.6 is 22.6 Å². The van der Waals surface area contributed by atoms with Gasteiger partial charge in [0.25, 0.3) is 0 Å². The Morgan fingerprint density at radius 3 is 2.52 bits per heavy atom. The smallest absolute Gasteiger partial charge is 0.228 e. The number of aryl methyl sites for hydroxylation is 1. The lowest BCUT2D eigenvalue weighted by Crippen LogP contribution is -2.24. The molecule has 0 aliphatic rings. The zero-order chi connectivity index (χ0) is 16.6. The molecule has 3 aromatic rings. The van der Waals surface area contributed by atoms with Gasteiger partial charge in [-0.2, -0.15) is 0 Å². The average molecular weight is 419 g/mol. The van der Waals surface area contributed by atoms with Gasteiger partial charge in [0.15, 0.2) is 0 Å². The highest BCUT2D eigenvalue weighted by atomic mass is 127. The van der Waals surface area contributed by atoms with Gasteiger partial charge >= 0.3 is 0 Å². The van der Waals surface area contributed by atoms with E-state index in [0.29, 0.717) is 6.42 Å². The molecule has 118 valence electrons. The monoisotopic (exact) mass is 419 g/mol. The molecule has 4 nitrogen and oxygen atoms in total. The van der Waals surface area contributed by atoms with Crippen molar-refractivity contribution in [3.63, 3.8) is 0 Å². The molecule has 0 aliphatic carbocycles. The highest BCUT2D eigenvalue weighted by molar-refractivity contribution is 14.1. The zero-order valence-electron chi connectivity index (χ0n) is 13.4. The number of aromatic nitrogens is 2. The van der Waals surface area contributed by atoms with E-state index in [-0.39, 0.29) is 5.91 Å². The van der Waals surface area contributed by atoms with E-state index in [4.69, 9.17) is 4.98 Å². The predicted molar refractivity (Wildman–Crippen MR) is 100 cm³/mol. The summed E-state index contributed by atoms with van der Waals surface area (Å²) in [5.41, 5.74) is 4.85. The molecule has 0 aliphatic heterocycles. The van der Waals surface area contributed by atoms with Gasteiger partial charge in [0, 0.05) is 29.4 Å². The van der Waals surface area contributed by atoms with Crippen LogP contribution in [0.25, 0.3) is 16.9 Å². The fraction of sp³-hybridized carbons (Fsp3) is 0.222. The number of nitrogens with zero attached hydrogens (tertiary/aromatic N) is 3. The van der Waals surface area contributed by atoms with Gasteiger partial charge in [0.1, 0.15) is 5.65 Å². The van der Waals surface area contributed by atoms with Gasteiger partial charge in [-0.3, -0.25) is 4.79 Å². The number of rotatable bonds is 3. The molecule has 0 bridgehead atoms. The van der Waals surface area contributed by atoms with E-state index in [1.165, 1.54) is 3.57 Å². The van der Waals surface area contributed by atoms with E-state index in [9.17, 15) is 4.79 Å². The minimum atomic E-state index is 0.0695. The summed E-state index contributed by atoms with van der Waals surface area (Å²) >= 11 is 2.29. The SMILES string of the molecule is Cc1ccc2nc(-c3ccc(I)cc3)c(CC(=O)N(C)C)n2c1. The van der Waals surface area contributed by atoms with Crippen molar-refractivity contribution in [1.29, 1.82) is 0 Å². The maximum Gasteiger partial charge on any atom is 0.228 e. The van der Waals surface area contributed by atoms with Gasteiger partial charge in [-0.25, -0.2) is 4.98 Å². The van der Waals surface area contributed by atoms with Crippen LogP contribution < -0.4 is 0 Å². The van der Waals surface area contributed by atoms with Crippen molar-refractivity contribution in [3.05, 3.63) is 57.4 Å². The summed E-state index contributed by atoms with van der Waals surface area (Å²) in [5.74, 6) is 0.0695. The topological polar surface area (TPSA) is 37.6 Å². The van der Waals surface area contributed by atoms with Crippen molar-refractivity contribution in [2.75, 3.05) is 14.1 Å². The molecule has 0 atom stereocenters. The lowest BCUT2D eigenvalue weighted by molar-refractivity contribution is -0.128. The number of carbonyl (C=O) groups is 1. The van der Waals surface area contributed by atoms with E-state index in [1.807, 2.05) is 29.7 Å². The van der Waals surface area contributed by atoms with Crippen molar-refractivity contribution in [3.8, 4) is 11.3 Å². The van der Waals surface area contributed by atoms with Crippen molar-refractivity contribution in [1.82, 2.24) is 14.3 Å². The third-order valence-corrected chi connectivity index (χ3v) is 4.52. The molecule has 0 N–H and O–H groups in total. The number of pyridine rings is 1. The van der Waals surface area contributed by atoms with E-state index in [2.05, 4.69) is 46.9 Å². The Bertz CT molecular complexity index is 866. The number of likely N-dealkylation sites (N-methyl/N-ethyl adjacent to an activating group) is 1. The van der Waals surface area contributed by atoms with E-state index in [0.717, 1.165) is 28.2 Å². The Labute approximate surface area is 149 Å². The normalized spacial score (nSPS) is 11.0. The molecule has 1 amide bonds. The summed E-state index contributed by atoms with van der Waals surface area (Å²) < 4.78 is 3.21. The highest BCUT2D eigenvalue weighted by Gasteiger charge is 2.18. The van der Waals surface area contributed by atoms with Gasteiger partial charge in [0.2, 0.25) is 5.91 Å². The minimum Gasteiger partial charge on any atom is -0.348 e. The number of halogens is 1. The maximum atomic E-state index is 12.3. The van der Waals surface area contributed by atoms with Gasteiger partial charge < -0.3 is 9.30 Å². The first-order chi connectivity index (χ1) is 11.0. The summed E-state index contributed by atoms with van der Waals surface area (Å²) in [6.07, 6.45) is 2.37. The Kier molecular flexibility index (Phi) is 4.39. The first kappa shape index (κ1) is 16.0. The molecule has 2 aromatic heterocycles. The molecule has 0 saturated carbocycles. The van der Waals surface area contributed by atoms with Gasteiger partial charge in [0.05, 0.1) is 17.8 Å². The third-order valence-electron chi connectivity index (χ3n) is 3.80. The molecule has 1 aromatic carbocycles. The first-order valence-corrected chi connectivity index (χ1v) is 8.47. The molecular weight excluding hydrogens is 401 g/mol. The van der Waals surface area contributed by atoms with Crippen LogP contribution in [0.1, 0.15) is 11.3 Å². The van der Waals surface area contributed by atoms with E-state index >= 15 is 0 Å². The summed E-state index contributed by atoms with van der Waals surface area (Å²) in [6.45, 7) is 2.04. The standard InChI is InChI=1S/C18H18IN3O/c1-12-4-9-16-20-18(13-5-7-14(19)8-6-13)15(22(16)11-12)10-17(23)21(2)3/h4-9,11H,10H2,1-3H3. The van der Waals surface area contributed by atoms with Crippen LogP contribution in [0.2, 0.25) is 0 Å². The second kappa shape index (κ2) is 6.31. The Morgan fingerprint density at radius 2 is 1.87 bits per heavy atom. The lowest BCUT2D eigenvalue weighted by atomic mass is 10.1. The zero-order valence-corrected chi connectivity index (χ0v) is 15.5. The van der Waals surface area contributed by atoms with Gasteiger partial charge in [-0.1, -0.05) is 18.2 Å². The largest absolute Gasteiger partial charge is 0.348 e. The first-order valence-electron chi connectivity index (χ1n) is 7.39. The predicted octanol–water partition coefficient (Wildman–Crippen LogP) is 3.55. The van der Waals surface area contributed by atoms with Gasteiger partial charge in [-0.15, -0.1) is 0 Å². The van der Waals surface area contributed by atoms with Crippen LogP contribution in [0.5, 0.6) is 0 Å². The van der Waals surface area contributed by atoms with Crippen molar-refractivity contribution >= 4 is 34.1 Å². The van der Waals surface area contributed by atoms with Crippen LogP contribution in [0.3, 0.4) is 0 Å². The number of hydrogen-bond acceptors (Lipinski definition) is 2. The molecule has 3 rings (SSSR count). The fourth-order valence-electron chi connectivity index (χ4n) is 2.51. The van der Waals surface area contributed by atoms with Crippen molar-refractivity contribution < 1.29 is 4.79 Å². The molecule has 0 unspecified atom stereocenters. The van der Waals surface area contributed by atoms with E-state index in [1.54, 1.807) is 19.0 Å². The number of imidazole rings is 1. The van der Waals surface area contributed by atoms with Crippen LogP contribution in [0, 0.1) is 10.5 Å². The molecule has 23 heavy (non-hydrogen) atoms. The molecule has 0 fully saturated rings. The number of fused-ring (bicyclic) bond motifs is 1. The second-order valence-corrected chi connectivity index (χ2v) is 7.06. The summed E-state index contributed by atoms with van der Waals surface area (Å²) in [7, 11) is 3.56. The molecule has 0 radical (unpaired) electrons. The summed E-state index contributed by atoms with van der Waals surface area (Å²) in [5, 5.41) is 0. The third kappa shape index (κ3) is 3.24. The van der Waals surface area contributed by atoms with Crippen molar-refractivity contribution in [2.24, 2.45) is 0 Å². The minimum absolute atomic E-state index is 0.0695. The Hall–Kier alpha value is -1.89. The highest BCUT2D eigenvalue weighted by Crippen LogP contribution is 2.26. The molecular formula is C18H18IN3O. The molecule has 2 heterocycles. The fourth-order valence-corrected chi connectivity index (χ4v) is 2.87. The van der Waals surface area contributed by atoms with Crippen LogP contribution in [0.4, 0.5) is 0 Å². The quantitative estimate of drug-likeness (QED) is 0.610. The Morgan fingerprint density at radius 1 is 1.17 bits per heavy atom. The summed E-state index contributed by atoms with van der Waals surface area (Å²) in [6, 6.07) is 12.3. The molecule has 0 saturated heterocycles. The molecule has 0 spiro atoms. The van der Waals surface area contributed by atoms with Crippen LogP contribution in [0.15, 0.2) is 42.6 Å². The lowest BCUT2D eigenvalue weighted by Gasteiger charge is -2.11. The number of hydrogen-bond donors (Lipinski definition) is 0. The van der Waals surface area contributed by atoms with Gasteiger partial charge in [-0.05, 0) is 53.3 Å². The van der Waals surface area contributed by atoms with E-state index < -0.39 is 0 Å². The number of amides is 1. The van der Waals surface area contributed by atoms with Crippen molar-refractivity contribution in [2.45, 2.75) is 13.3 Å². The van der Waals surface area contributed by atoms with Crippen LogP contribution in [-0.4, -0.2) is 34.3 Å². The Balaban J connectivity index is 2.19. The number of benzene rings is 1.